The van der Waals surface area contributed by atoms with Gasteiger partial charge in [-0.05, 0) is 138 Å². The molecule has 6 heterocycles. The highest BCUT2D eigenvalue weighted by Gasteiger charge is 2.42. The minimum Gasteiger partial charge on any atom is -0.363 e. The third kappa shape index (κ3) is 11.0. The van der Waals surface area contributed by atoms with Gasteiger partial charge in [0.25, 0.3) is 0 Å². The zero-order chi connectivity index (χ0) is 49.3. The van der Waals surface area contributed by atoms with Crippen LogP contribution in [0.4, 0.5) is 18.9 Å². The van der Waals surface area contributed by atoms with Crippen molar-refractivity contribution in [3.63, 3.8) is 0 Å². The Morgan fingerprint density at radius 1 is 0.577 bits per heavy atom. The number of halogens is 7. The van der Waals surface area contributed by atoms with Crippen molar-refractivity contribution in [2.45, 2.75) is 138 Å². The van der Waals surface area contributed by atoms with Gasteiger partial charge in [0.1, 0.15) is 28.7 Å². The second-order valence-electron chi connectivity index (χ2n) is 19.5. The minimum atomic E-state index is -0.987. The molecule has 4 aliphatic heterocycles. The number of aromatic nitrogens is 2. The SMILES string of the molecule is Clc1cccc(Cl)c1-c1noc(C2CC2)c1CNC1CC2CCC(C1)N2.N#Cc1ccc(F)c(F)c1.N#Cc1ccc(N2C3CCC2CC(NCc2c(-c4c(Cl)cccc4Cl)noc2C2CC2)C3)c(F)c1. The van der Waals surface area contributed by atoms with E-state index in [9.17, 15) is 13.2 Å². The number of nitrogens with zero attached hydrogens (tertiary/aromatic N) is 5. The molecular weight excluding hydrogens is 991 g/mol. The molecule has 4 unspecified atom stereocenters. The molecule has 4 saturated heterocycles. The summed E-state index contributed by atoms with van der Waals surface area (Å²) in [6, 6.07) is 25.3. The summed E-state index contributed by atoms with van der Waals surface area (Å²) < 4.78 is 50.7. The molecular formula is C54H51Cl4F3N8O2. The first-order valence-electron chi connectivity index (χ1n) is 24.4. The minimum absolute atomic E-state index is 0.124. The topological polar surface area (TPSA) is 139 Å². The second-order valence-corrected chi connectivity index (χ2v) is 21.2. The van der Waals surface area contributed by atoms with Crippen molar-refractivity contribution in [3.8, 4) is 34.7 Å². The quantitative estimate of drug-likeness (QED) is 0.115. The Kier molecular flexibility index (Phi) is 15.0. The van der Waals surface area contributed by atoms with Gasteiger partial charge >= 0.3 is 0 Å². The summed E-state index contributed by atoms with van der Waals surface area (Å²) in [4.78, 5) is 2.23. The molecule has 4 bridgehead atoms. The zero-order valence-corrected chi connectivity index (χ0v) is 41.7. The summed E-state index contributed by atoms with van der Waals surface area (Å²) in [5.74, 6) is 0.624. The van der Waals surface area contributed by atoms with Crippen LogP contribution in [0.15, 0.2) is 81.8 Å². The summed E-state index contributed by atoms with van der Waals surface area (Å²) in [5, 5.41) is 39.6. The van der Waals surface area contributed by atoms with Crippen molar-refractivity contribution < 1.29 is 22.2 Å². The molecule has 0 spiro atoms. The van der Waals surface area contributed by atoms with E-state index < -0.39 is 11.6 Å². The predicted molar refractivity (Wildman–Crippen MR) is 269 cm³/mol. The van der Waals surface area contributed by atoms with Gasteiger partial charge in [0, 0.05) is 83.4 Å². The van der Waals surface area contributed by atoms with Crippen molar-refractivity contribution in [2.24, 2.45) is 0 Å². The smallest absolute Gasteiger partial charge is 0.160 e. The van der Waals surface area contributed by atoms with Gasteiger partial charge in [-0.25, -0.2) is 13.2 Å². The molecule has 0 amide bonds. The molecule has 368 valence electrons. The average molecular weight is 1040 g/mol. The van der Waals surface area contributed by atoms with Crippen LogP contribution in [0.3, 0.4) is 0 Å². The maximum absolute atomic E-state index is 14.8. The number of hydrogen-bond acceptors (Lipinski definition) is 10. The van der Waals surface area contributed by atoms with E-state index in [0.717, 1.165) is 102 Å². The average Bonchev–Trinajstić information content (AvgIpc) is 4.27. The van der Waals surface area contributed by atoms with E-state index in [0.29, 0.717) is 73.9 Å². The standard InChI is InChI=1S/C27H25Cl2FN4O.C20H23Cl2N3O.C7H3F2N/c28-21-2-1-3-22(29)25(21)26-20(27(35-33-26)16-5-6-16)14-32-17-11-18-7-8-19(12-17)34(18)24-9-4-15(13-31)10-23(24)30;21-16-2-1-3-17(22)18(16)19-15(20(26-25-19)11-4-5-11)10-23-14-8-12-6-7-13(9-14)24-12;8-6-2-1-5(4-10)3-7(6)9/h1-4,9-10,16-19,32H,5-8,11-12,14H2;1-3,11-14,23-24H,4-10H2;1-3H. The zero-order valence-electron chi connectivity index (χ0n) is 38.6. The van der Waals surface area contributed by atoms with Crippen molar-refractivity contribution >= 4 is 52.1 Å². The molecule has 2 aliphatic carbocycles. The number of piperidine rings is 2. The third-order valence-corrected chi connectivity index (χ3v) is 15.9. The highest BCUT2D eigenvalue weighted by Crippen LogP contribution is 2.48. The lowest BCUT2D eigenvalue weighted by Crippen LogP contribution is -2.49. The number of benzene rings is 4. The molecule has 12 rings (SSSR count). The Bertz CT molecular complexity index is 2930. The van der Waals surface area contributed by atoms with Crippen LogP contribution in [-0.2, 0) is 13.1 Å². The Morgan fingerprint density at radius 2 is 1.03 bits per heavy atom. The highest BCUT2D eigenvalue weighted by molar-refractivity contribution is 6.39. The summed E-state index contributed by atoms with van der Waals surface area (Å²) in [6.45, 7) is 1.39. The van der Waals surface area contributed by atoms with E-state index in [1.807, 2.05) is 42.5 Å². The Labute approximate surface area is 430 Å². The number of fused-ring (bicyclic) bond motifs is 4. The maximum Gasteiger partial charge on any atom is 0.160 e. The molecule has 0 radical (unpaired) electrons. The molecule has 71 heavy (non-hydrogen) atoms. The highest BCUT2D eigenvalue weighted by atomic mass is 35.5. The normalized spacial score (nSPS) is 23.0. The van der Waals surface area contributed by atoms with E-state index in [2.05, 4.69) is 31.2 Å². The van der Waals surface area contributed by atoms with Gasteiger partial charge in [-0.2, -0.15) is 10.5 Å². The van der Waals surface area contributed by atoms with Crippen molar-refractivity contribution in [3.05, 3.63) is 144 Å². The predicted octanol–water partition coefficient (Wildman–Crippen LogP) is 13.6. The number of hydrogen-bond donors (Lipinski definition) is 3. The first-order chi connectivity index (χ1) is 34.5. The van der Waals surface area contributed by atoms with E-state index in [1.54, 1.807) is 18.2 Å². The fourth-order valence-corrected chi connectivity index (χ4v) is 12.1. The molecule has 17 heteroatoms. The molecule has 6 aliphatic rings. The van der Waals surface area contributed by atoms with E-state index in [4.69, 9.17) is 66.0 Å². The largest absolute Gasteiger partial charge is 0.363 e. The van der Waals surface area contributed by atoms with Crippen molar-refractivity contribution in [1.29, 1.82) is 10.5 Å². The van der Waals surface area contributed by atoms with Gasteiger partial charge in [-0.15, -0.1) is 0 Å². The first kappa shape index (κ1) is 49.5. The van der Waals surface area contributed by atoms with Crippen LogP contribution >= 0.6 is 46.4 Å². The van der Waals surface area contributed by atoms with Gasteiger partial charge in [0.05, 0.1) is 49.0 Å². The molecule has 6 fully saturated rings. The van der Waals surface area contributed by atoms with Crippen molar-refractivity contribution in [1.82, 2.24) is 26.3 Å². The summed E-state index contributed by atoms with van der Waals surface area (Å²) in [5.41, 5.74) is 6.28. The number of rotatable bonds is 11. The summed E-state index contributed by atoms with van der Waals surface area (Å²) >= 11 is 25.9. The van der Waals surface area contributed by atoms with Gasteiger partial charge in [0.15, 0.2) is 11.6 Å². The number of nitriles is 2. The second kappa shape index (κ2) is 21.6. The van der Waals surface area contributed by atoms with Gasteiger partial charge in [-0.1, -0.05) is 68.8 Å². The van der Waals surface area contributed by atoms with Crippen molar-refractivity contribution in [2.75, 3.05) is 4.90 Å². The monoisotopic (exact) mass is 1040 g/mol. The van der Waals surface area contributed by atoms with Gasteiger partial charge in [0.2, 0.25) is 0 Å². The van der Waals surface area contributed by atoms with Crippen LogP contribution in [0.25, 0.3) is 22.5 Å². The van der Waals surface area contributed by atoms with Crippen LogP contribution in [-0.4, -0.2) is 46.6 Å². The van der Waals surface area contributed by atoms with E-state index in [-0.39, 0.29) is 23.5 Å². The molecule has 4 aromatic carbocycles. The third-order valence-electron chi connectivity index (χ3n) is 14.7. The van der Waals surface area contributed by atoms with Gasteiger partial charge in [-0.3, -0.25) is 0 Å². The fourth-order valence-electron chi connectivity index (χ4n) is 11.0. The van der Waals surface area contributed by atoms with Crippen LogP contribution in [0.1, 0.15) is 123 Å². The summed E-state index contributed by atoms with van der Waals surface area (Å²) in [7, 11) is 0. The lowest BCUT2D eigenvalue weighted by molar-refractivity contribution is 0.315. The molecule has 4 atom stereocenters. The molecule has 3 N–H and O–H groups in total. The number of nitrogens with one attached hydrogen (secondary N) is 3. The summed E-state index contributed by atoms with van der Waals surface area (Å²) in [6.07, 6.45) is 13.5. The number of anilines is 1. The van der Waals surface area contributed by atoms with Crippen LogP contribution in [0.2, 0.25) is 20.1 Å². The first-order valence-corrected chi connectivity index (χ1v) is 25.9. The van der Waals surface area contributed by atoms with E-state index >= 15 is 0 Å². The maximum atomic E-state index is 14.8. The van der Waals surface area contributed by atoms with Crippen LogP contribution < -0.4 is 20.9 Å². The molecule has 2 saturated carbocycles. The molecule has 2 aromatic heterocycles. The van der Waals surface area contributed by atoms with E-state index in [1.165, 1.54) is 50.7 Å². The van der Waals surface area contributed by atoms with Crippen LogP contribution in [0, 0.1) is 40.1 Å². The molecule has 6 aromatic rings. The Hall–Kier alpha value is -5.09. The lowest BCUT2D eigenvalue weighted by Gasteiger charge is -2.41. The van der Waals surface area contributed by atoms with Gasteiger partial charge < -0.3 is 29.9 Å². The Balaban J connectivity index is 0.000000141. The Morgan fingerprint density at radius 3 is 1.46 bits per heavy atom. The van der Waals surface area contributed by atoms with Crippen LogP contribution in [0.5, 0.6) is 0 Å². The lowest BCUT2D eigenvalue weighted by atomic mass is 9.95. The molecule has 10 nitrogen and oxygen atoms in total. The fraction of sp³-hybridized carbons (Fsp3) is 0.407.